The van der Waals surface area contributed by atoms with Crippen molar-refractivity contribution in [3.8, 4) is 23.8 Å². The van der Waals surface area contributed by atoms with Gasteiger partial charge in [0.25, 0.3) is 11.5 Å². The predicted octanol–water partition coefficient (Wildman–Crippen LogP) is 2.07. The molecule has 1 amide bonds. The third-order valence-electron chi connectivity index (χ3n) is 5.93. The zero-order valence-electron chi connectivity index (χ0n) is 20.5. The van der Waals surface area contributed by atoms with Gasteiger partial charge in [-0.2, -0.15) is 4.31 Å². The van der Waals surface area contributed by atoms with Crippen LogP contribution in [0.5, 0.6) is 11.5 Å². The number of para-hydroxylation sites is 2. The van der Waals surface area contributed by atoms with Crippen molar-refractivity contribution in [2.45, 2.75) is 23.9 Å². The number of nitrogens with zero attached hydrogens (tertiary/aromatic N) is 2. The molecule has 1 aromatic heterocycles. The van der Waals surface area contributed by atoms with Gasteiger partial charge < -0.3 is 9.72 Å². The minimum atomic E-state index is -4.38. The Morgan fingerprint density at radius 2 is 1.67 bits per heavy atom. The lowest BCUT2D eigenvalue weighted by atomic mass is 10.2. The molecule has 0 radical (unpaired) electrons. The maximum Gasteiger partial charge on any atom is 0.328 e. The molecule has 1 unspecified atom stereocenters. The van der Waals surface area contributed by atoms with Gasteiger partial charge in [-0.25, -0.2) is 18.7 Å². The number of sulfonamides is 1. The van der Waals surface area contributed by atoms with Crippen LogP contribution in [-0.2, 0) is 21.4 Å². The van der Waals surface area contributed by atoms with Crippen molar-refractivity contribution in [3.63, 3.8) is 0 Å². The molecule has 0 aliphatic rings. The molecule has 4 rings (SSSR count). The zero-order chi connectivity index (χ0) is 28.0. The van der Waals surface area contributed by atoms with Crippen LogP contribution in [0.15, 0.2) is 93.3 Å². The fourth-order valence-corrected chi connectivity index (χ4v) is 5.56. The number of hydroxylamine groups is 1. The van der Waals surface area contributed by atoms with E-state index < -0.39 is 39.8 Å². The summed E-state index contributed by atoms with van der Waals surface area (Å²) in [6, 6.07) is 19.2. The Bertz CT molecular complexity index is 1740. The third-order valence-corrected chi connectivity index (χ3v) is 7.80. The number of amides is 1. The van der Waals surface area contributed by atoms with E-state index in [0.717, 1.165) is 8.87 Å². The summed E-state index contributed by atoms with van der Waals surface area (Å²) in [5.74, 6) is 2.07. The highest BCUT2D eigenvalue weighted by Crippen LogP contribution is 2.25. The van der Waals surface area contributed by atoms with E-state index in [1.807, 2.05) is 6.07 Å². The average Bonchev–Trinajstić information content (AvgIpc) is 2.94. The number of hydrogen-bond donors (Lipinski definition) is 3. The molecule has 4 aromatic rings. The SMILES string of the molecule is C#CCN(C(CCn1c(=O)[nH]c2ccccc2c1=O)C(=O)NO)S(=O)(=O)c1ccc(Oc2ccccc2)cc1. The number of fused-ring (bicyclic) bond motifs is 1. The lowest BCUT2D eigenvalue weighted by Crippen LogP contribution is -2.50. The number of aromatic nitrogens is 2. The molecule has 0 spiro atoms. The van der Waals surface area contributed by atoms with Crippen LogP contribution in [0.25, 0.3) is 10.9 Å². The highest BCUT2D eigenvalue weighted by molar-refractivity contribution is 7.89. The highest BCUT2D eigenvalue weighted by Gasteiger charge is 2.35. The lowest BCUT2D eigenvalue weighted by Gasteiger charge is -2.28. The van der Waals surface area contributed by atoms with E-state index >= 15 is 0 Å². The van der Waals surface area contributed by atoms with Gasteiger partial charge in [0.05, 0.1) is 22.3 Å². The topological polar surface area (TPSA) is 151 Å². The summed E-state index contributed by atoms with van der Waals surface area (Å²) in [6.45, 7) is -0.858. The largest absolute Gasteiger partial charge is 0.457 e. The quantitative estimate of drug-likeness (QED) is 0.156. The summed E-state index contributed by atoms with van der Waals surface area (Å²) >= 11 is 0. The summed E-state index contributed by atoms with van der Waals surface area (Å²) < 4.78 is 34.4. The molecule has 3 aromatic carbocycles. The van der Waals surface area contributed by atoms with Crippen molar-refractivity contribution < 1.29 is 23.2 Å². The van der Waals surface area contributed by atoms with E-state index in [2.05, 4.69) is 10.9 Å². The molecule has 1 atom stereocenters. The fraction of sp³-hybridized carbons (Fsp3) is 0.148. The summed E-state index contributed by atoms with van der Waals surface area (Å²) in [4.78, 5) is 40.5. The van der Waals surface area contributed by atoms with Gasteiger partial charge in [0, 0.05) is 6.54 Å². The van der Waals surface area contributed by atoms with Gasteiger partial charge in [-0.05, 0) is 55.0 Å². The standard InChI is InChI=1S/C27H24N4O7S/c1-2-17-31(39(36,37)21-14-12-20(13-15-21)38-19-8-4-3-5-9-19)24(25(32)29-35)16-18-30-26(33)22-10-6-7-11-23(22)28-27(30)34/h1,3-15,24,35H,16-18H2,(H,28,34)(H,29,32). The van der Waals surface area contributed by atoms with Crippen molar-refractivity contribution in [3.05, 3.63) is 99.7 Å². The van der Waals surface area contributed by atoms with Crippen LogP contribution in [0, 0.1) is 12.3 Å². The average molecular weight is 549 g/mol. The van der Waals surface area contributed by atoms with Gasteiger partial charge in [0.1, 0.15) is 17.5 Å². The van der Waals surface area contributed by atoms with Gasteiger partial charge >= 0.3 is 5.69 Å². The second-order valence-electron chi connectivity index (χ2n) is 8.35. The van der Waals surface area contributed by atoms with Gasteiger partial charge in [0.2, 0.25) is 10.0 Å². The van der Waals surface area contributed by atoms with E-state index in [1.54, 1.807) is 42.5 Å². The number of aromatic amines is 1. The Labute approximate surface area is 223 Å². The molecular formula is C27H24N4O7S. The number of nitrogens with one attached hydrogen (secondary N) is 2. The van der Waals surface area contributed by atoms with Gasteiger partial charge in [0.15, 0.2) is 0 Å². The van der Waals surface area contributed by atoms with E-state index in [-0.39, 0.29) is 23.2 Å². The van der Waals surface area contributed by atoms with Crippen molar-refractivity contribution in [1.82, 2.24) is 19.3 Å². The van der Waals surface area contributed by atoms with Crippen molar-refractivity contribution in [2.24, 2.45) is 0 Å². The Balaban J connectivity index is 1.63. The van der Waals surface area contributed by atoms with Crippen molar-refractivity contribution in [1.29, 1.82) is 0 Å². The van der Waals surface area contributed by atoms with Crippen LogP contribution >= 0.6 is 0 Å². The van der Waals surface area contributed by atoms with E-state index in [0.29, 0.717) is 17.0 Å². The number of carbonyl (C=O) groups is 1. The third kappa shape index (κ3) is 5.91. The van der Waals surface area contributed by atoms with Gasteiger partial charge in [-0.15, -0.1) is 6.42 Å². The number of benzene rings is 3. The first kappa shape index (κ1) is 27.3. The molecule has 11 nitrogen and oxygen atoms in total. The van der Waals surface area contributed by atoms with Crippen LogP contribution in [-0.4, -0.2) is 46.0 Å². The molecule has 200 valence electrons. The molecule has 0 aliphatic carbocycles. The lowest BCUT2D eigenvalue weighted by molar-refractivity contribution is -0.133. The summed E-state index contributed by atoms with van der Waals surface area (Å²) in [5, 5.41) is 9.60. The van der Waals surface area contributed by atoms with E-state index in [1.165, 1.54) is 35.8 Å². The van der Waals surface area contributed by atoms with E-state index in [9.17, 15) is 28.0 Å². The van der Waals surface area contributed by atoms with Crippen LogP contribution in [0.1, 0.15) is 6.42 Å². The molecule has 39 heavy (non-hydrogen) atoms. The summed E-state index contributed by atoms with van der Waals surface area (Å²) in [5.41, 5.74) is 0.443. The van der Waals surface area contributed by atoms with Crippen molar-refractivity contribution in [2.75, 3.05) is 6.54 Å². The second-order valence-corrected chi connectivity index (χ2v) is 10.2. The molecule has 1 heterocycles. The smallest absolute Gasteiger partial charge is 0.328 e. The summed E-state index contributed by atoms with van der Waals surface area (Å²) in [6.07, 6.45) is 5.09. The van der Waals surface area contributed by atoms with Crippen LogP contribution in [0.4, 0.5) is 0 Å². The molecule has 0 aliphatic heterocycles. The first-order valence-electron chi connectivity index (χ1n) is 11.7. The first-order valence-corrected chi connectivity index (χ1v) is 13.1. The second kappa shape index (κ2) is 11.8. The monoisotopic (exact) mass is 548 g/mol. The molecule has 0 bridgehead atoms. The molecule has 3 N–H and O–H groups in total. The van der Waals surface area contributed by atoms with E-state index in [4.69, 9.17) is 11.2 Å². The van der Waals surface area contributed by atoms with Gasteiger partial charge in [-0.1, -0.05) is 36.3 Å². The number of rotatable bonds is 10. The predicted molar refractivity (Wildman–Crippen MR) is 143 cm³/mol. The molecule has 12 heteroatoms. The van der Waals surface area contributed by atoms with Crippen LogP contribution < -0.4 is 21.5 Å². The maximum atomic E-state index is 13.6. The Morgan fingerprint density at radius 3 is 2.33 bits per heavy atom. The Hall–Kier alpha value is -4.70. The fourth-order valence-electron chi connectivity index (χ4n) is 4.03. The van der Waals surface area contributed by atoms with Crippen molar-refractivity contribution >= 4 is 26.8 Å². The number of ether oxygens (including phenoxy) is 1. The highest BCUT2D eigenvalue weighted by atomic mass is 32.2. The maximum absolute atomic E-state index is 13.6. The zero-order valence-corrected chi connectivity index (χ0v) is 21.3. The Kier molecular flexibility index (Phi) is 8.26. The number of carbonyl (C=O) groups excluding carboxylic acids is 1. The summed E-state index contributed by atoms with van der Waals surface area (Å²) in [7, 11) is -4.38. The number of hydrogen-bond acceptors (Lipinski definition) is 7. The number of H-pyrrole nitrogens is 1. The molecule has 0 saturated heterocycles. The normalized spacial score (nSPS) is 12.1. The molecule has 0 fully saturated rings. The minimum Gasteiger partial charge on any atom is -0.457 e. The van der Waals surface area contributed by atoms with Crippen LogP contribution in [0.2, 0.25) is 0 Å². The minimum absolute atomic E-state index is 0.186. The Morgan fingerprint density at radius 1 is 1.03 bits per heavy atom. The molecule has 0 saturated carbocycles. The molecular weight excluding hydrogens is 524 g/mol. The van der Waals surface area contributed by atoms with Gasteiger partial charge in [-0.3, -0.25) is 19.4 Å². The number of terminal acetylenes is 1. The first-order chi connectivity index (χ1) is 18.8. The van der Waals surface area contributed by atoms with Crippen LogP contribution in [0.3, 0.4) is 0 Å².